The number of carbonyl (C=O) groups excluding carboxylic acids is 1. The average Bonchev–Trinajstić information content (AvgIpc) is 3.30. The summed E-state index contributed by atoms with van der Waals surface area (Å²) < 4.78 is 31.7. The SMILES string of the molecule is CCC1=N[C@@]2(CC[C@@H]3CN(Cc4cccc(Cl)c4)C[C@@H]32)C(=O)N1.O=C(O)C(F)(F)F. The number of carboxylic acids is 1. The molecule has 3 aliphatic rings. The third-order valence-corrected chi connectivity index (χ3v) is 6.12. The number of hydrogen-bond acceptors (Lipinski definition) is 4. The van der Waals surface area contributed by atoms with Gasteiger partial charge in [0.15, 0.2) is 0 Å². The number of benzene rings is 1. The number of hydrogen-bond donors (Lipinski definition) is 2. The van der Waals surface area contributed by atoms with Gasteiger partial charge in [-0.1, -0.05) is 30.7 Å². The maximum atomic E-state index is 12.6. The molecule has 1 aromatic rings. The van der Waals surface area contributed by atoms with Crippen LogP contribution < -0.4 is 5.32 Å². The van der Waals surface area contributed by atoms with E-state index in [-0.39, 0.29) is 5.91 Å². The first kappa shape index (κ1) is 22.6. The summed E-state index contributed by atoms with van der Waals surface area (Å²) in [5, 5.41) is 10.9. The number of nitrogens with zero attached hydrogens (tertiary/aromatic N) is 2. The molecule has 30 heavy (non-hydrogen) atoms. The molecule has 2 aliphatic heterocycles. The second-order valence-electron chi connectivity index (χ2n) is 7.82. The largest absolute Gasteiger partial charge is 0.490 e. The minimum absolute atomic E-state index is 0.131. The molecule has 10 heteroatoms. The lowest BCUT2D eigenvalue weighted by Gasteiger charge is -2.25. The summed E-state index contributed by atoms with van der Waals surface area (Å²) in [6, 6.07) is 8.05. The molecule has 1 amide bonds. The van der Waals surface area contributed by atoms with E-state index in [1.807, 2.05) is 25.1 Å². The normalized spacial score (nSPS) is 28.0. The van der Waals surface area contributed by atoms with Gasteiger partial charge >= 0.3 is 12.1 Å². The van der Waals surface area contributed by atoms with Gasteiger partial charge in [0.2, 0.25) is 0 Å². The van der Waals surface area contributed by atoms with Gasteiger partial charge in [-0.3, -0.25) is 14.7 Å². The molecule has 6 nitrogen and oxygen atoms in total. The fourth-order valence-electron chi connectivity index (χ4n) is 4.55. The van der Waals surface area contributed by atoms with E-state index in [2.05, 4.69) is 16.3 Å². The summed E-state index contributed by atoms with van der Waals surface area (Å²) in [6.07, 6.45) is -2.27. The van der Waals surface area contributed by atoms with E-state index in [9.17, 15) is 18.0 Å². The van der Waals surface area contributed by atoms with Crippen molar-refractivity contribution in [3.63, 3.8) is 0 Å². The van der Waals surface area contributed by atoms with E-state index in [1.54, 1.807) is 0 Å². The number of alkyl halides is 3. The van der Waals surface area contributed by atoms with Crippen molar-refractivity contribution in [3.8, 4) is 0 Å². The Morgan fingerprint density at radius 1 is 1.40 bits per heavy atom. The van der Waals surface area contributed by atoms with Crippen LogP contribution in [0, 0.1) is 11.8 Å². The molecule has 3 atom stereocenters. The maximum Gasteiger partial charge on any atom is 0.490 e. The van der Waals surface area contributed by atoms with Gasteiger partial charge in [-0.15, -0.1) is 0 Å². The van der Waals surface area contributed by atoms with Crippen LogP contribution in [-0.2, 0) is 16.1 Å². The molecule has 164 valence electrons. The summed E-state index contributed by atoms with van der Waals surface area (Å²) >= 11 is 6.09. The zero-order valence-electron chi connectivity index (χ0n) is 16.4. The van der Waals surface area contributed by atoms with Crippen LogP contribution in [0.3, 0.4) is 0 Å². The Bertz CT molecular complexity index is 861. The molecule has 1 spiro atoms. The summed E-state index contributed by atoms with van der Waals surface area (Å²) in [7, 11) is 0. The molecule has 1 aromatic carbocycles. The zero-order chi connectivity index (χ0) is 22.1. The lowest BCUT2D eigenvalue weighted by atomic mass is 9.85. The summed E-state index contributed by atoms with van der Waals surface area (Å²) in [5.41, 5.74) is 0.749. The van der Waals surface area contributed by atoms with E-state index in [4.69, 9.17) is 26.5 Å². The zero-order valence-corrected chi connectivity index (χ0v) is 17.1. The molecule has 1 saturated heterocycles. The Kier molecular flexibility index (Phi) is 6.43. The van der Waals surface area contributed by atoms with Crippen molar-refractivity contribution in [3.05, 3.63) is 34.9 Å². The van der Waals surface area contributed by atoms with Gasteiger partial charge in [-0.25, -0.2) is 4.79 Å². The van der Waals surface area contributed by atoms with Gasteiger partial charge < -0.3 is 10.4 Å². The number of amides is 1. The van der Waals surface area contributed by atoms with Crippen LogP contribution in [0.2, 0.25) is 5.02 Å². The fraction of sp³-hybridized carbons (Fsp3) is 0.550. The highest BCUT2D eigenvalue weighted by molar-refractivity contribution is 6.30. The number of amidine groups is 1. The van der Waals surface area contributed by atoms with E-state index in [0.29, 0.717) is 11.8 Å². The molecule has 2 heterocycles. The lowest BCUT2D eigenvalue weighted by molar-refractivity contribution is -0.192. The van der Waals surface area contributed by atoms with E-state index < -0.39 is 17.7 Å². The predicted molar refractivity (Wildman–Crippen MR) is 105 cm³/mol. The number of likely N-dealkylation sites (tertiary alicyclic amines) is 1. The predicted octanol–water partition coefficient (Wildman–Crippen LogP) is 3.49. The highest BCUT2D eigenvalue weighted by Crippen LogP contribution is 2.49. The molecule has 0 unspecified atom stereocenters. The molecule has 2 N–H and O–H groups in total. The van der Waals surface area contributed by atoms with Crippen molar-refractivity contribution < 1.29 is 27.9 Å². The van der Waals surface area contributed by atoms with Crippen LogP contribution in [0.1, 0.15) is 31.7 Å². The molecule has 0 radical (unpaired) electrons. The Morgan fingerprint density at radius 3 is 2.67 bits per heavy atom. The van der Waals surface area contributed by atoms with Crippen molar-refractivity contribution in [2.75, 3.05) is 13.1 Å². The first-order valence-corrected chi connectivity index (χ1v) is 10.1. The summed E-state index contributed by atoms with van der Waals surface area (Å²) in [5.74, 6) is -0.825. The van der Waals surface area contributed by atoms with E-state index in [1.165, 1.54) is 5.56 Å². The van der Waals surface area contributed by atoms with Crippen LogP contribution in [0.25, 0.3) is 0 Å². The Hall–Kier alpha value is -2.13. The highest BCUT2D eigenvalue weighted by Gasteiger charge is 2.58. The number of aliphatic imine (C=N–C) groups is 1. The van der Waals surface area contributed by atoms with E-state index >= 15 is 0 Å². The molecule has 0 bridgehead atoms. The van der Waals surface area contributed by atoms with Crippen molar-refractivity contribution in [1.29, 1.82) is 0 Å². The van der Waals surface area contributed by atoms with Crippen molar-refractivity contribution in [2.45, 2.75) is 44.4 Å². The van der Waals surface area contributed by atoms with E-state index in [0.717, 1.165) is 49.8 Å². The lowest BCUT2D eigenvalue weighted by Crippen LogP contribution is -2.44. The van der Waals surface area contributed by atoms with Crippen molar-refractivity contribution in [1.82, 2.24) is 10.2 Å². The number of aliphatic carboxylic acids is 1. The van der Waals surface area contributed by atoms with Crippen LogP contribution >= 0.6 is 11.6 Å². The quantitative estimate of drug-likeness (QED) is 0.746. The van der Waals surface area contributed by atoms with Gasteiger partial charge in [0.25, 0.3) is 5.91 Å². The number of rotatable bonds is 3. The van der Waals surface area contributed by atoms with Crippen LogP contribution in [0.4, 0.5) is 13.2 Å². The minimum Gasteiger partial charge on any atom is -0.475 e. The molecule has 0 aromatic heterocycles. The van der Waals surface area contributed by atoms with Gasteiger partial charge in [-0.05, 0) is 36.5 Å². The number of fused-ring (bicyclic) bond motifs is 2. The monoisotopic (exact) mass is 445 g/mol. The molecular formula is C20H23ClF3N3O3. The third-order valence-electron chi connectivity index (χ3n) is 5.88. The minimum atomic E-state index is -5.08. The van der Waals surface area contributed by atoms with Gasteiger partial charge in [0, 0.05) is 37.0 Å². The maximum absolute atomic E-state index is 12.6. The molecular weight excluding hydrogens is 423 g/mol. The molecule has 2 fully saturated rings. The first-order valence-electron chi connectivity index (χ1n) is 9.72. The second-order valence-corrected chi connectivity index (χ2v) is 8.26. The Labute approximate surface area is 177 Å². The van der Waals surface area contributed by atoms with Crippen LogP contribution in [0.5, 0.6) is 0 Å². The third kappa shape index (κ3) is 4.62. The fourth-order valence-corrected chi connectivity index (χ4v) is 4.77. The van der Waals surface area contributed by atoms with Crippen LogP contribution in [-0.4, -0.2) is 52.5 Å². The van der Waals surface area contributed by atoms with Gasteiger partial charge in [0.05, 0.1) is 0 Å². The van der Waals surface area contributed by atoms with Crippen molar-refractivity contribution >= 4 is 29.3 Å². The summed E-state index contributed by atoms with van der Waals surface area (Å²) in [6.45, 7) is 4.95. The van der Waals surface area contributed by atoms with Crippen molar-refractivity contribution in [2.24, 2.45) is 16.8 Å². The summed E-state index contributed by atoms with van der Waals surface area (Å²) in [4.78, 5) is 28.7. The topological polar surface area (TPSA) is 82.0 Å². The Balaban J connectivity index is 0.000000318. The van der Waals surface area contributed by atoms with Crippen LogP contribution in [0.15, 0.2) is 29.3 Å². The molecule has 1 saturated carbocycles. The number of carbonyl (C=O) groups is 2. The first-order chi connectivity index (χ1) is 14.0. The highest BCUT2D eigenvalue weighted by atomic mass is 35.5. The Morgan fingerprint density at radius 2 is 2.10 bits per heavy atom. The van der Waals surface area contributed by atoms with Gasteiger partial charge in [-0.2, -0.15) is 13.2 Å². The van der Waals surface area contributed by atoms with Gasteiger partial charge in [0.1, 0.15) is 11.4 Å². The smallest absolute Gasteiger partial charge is 0.475 e. The average molecular weight is 446 g/mol. The molecule has 1 aliphatic carbocycles. The number of carboxylic acid groups (broad SMARTS) is 1. The number of nitrogens with one attached hydrogen (secondary N) is 1. The standard InChI is InChI=1S/C18H22ClN3O.C2HF3O2/c1-2-16-20-17(23)18(21-16)7-6-13-10-22(11-15(13)18)9-12-4-3-5-14(19)8-12;3-2(4,5)1(6)7/h3-5,8,13,15H,2,6-7,9-11H2,1H3,(H,20,21,23);(H,6,7)/t13-,15+,18-;/m1./s1. The molecule has 4 rings (SSSR count). The second kappa shape index (κ2) is 8.55. The number of halogens is 4.